The van der Waals surface area contributed by atoms with E-state index in [2.05, 4.69) is 51.2 Å². The molecule has 0 unspecified atom stereocenters. The van der Waals surface area contributed by atoms with Gasteiger partial charge in [0.05, 0.1) is 21.1 Å². The molecule has 0 saturated heterocycles. The molecule has 2 aromatic rings. The Kier molecular flexibility index (Phi) is 4.43. The summed E-state index contributed by atoms with van der Waals surface area (Å²) in [6.07, 6.45) is 0.715. The molecule has 1 heterocycles. The SMILES string of the molecule is Cc1[nH]c2ccc([N+](C)(C)C)cc2c1CCO.[Cl-]. The van der Waals surface area contributed by atoms with Crippen LogP contribution in [0.2, 0.25) is 0 Å². The molecule has 4 heteroatoms. The fourth-order valence-corrected chi connectivity index (χ4v) is 2.22. The number of H-pyrrole nitrogens is 1. The van der Waals surface area contributed by atoms with Crippen LogP contribution in [0.5, 0.6) is 0 Å². The van der Waals surface area contributed by atoms with E-state index in [-0.39, 0.29) is 19.0 Å². The Morgan fingerprint density at radius 3 is 2.44 bits per heavy atom. The number of aliphatic hydroxyl groups is 1. The summed E-state index contributed by atoms with van der Waals surface area (Å²) in [6, 6.07) is 6.51. The molecule has 0 atom stereocenters. The normalized spacial score (nSPS) is 11.6. The average molecular weight is 269 g/mol. The molecule has 0 spiro atoms. The number of halogens is 1. The summed E-state index contributed by atoms with van der Waals surface area (Å²) < 4.78 is 0.804. The van der Waals surface area contributed by atoms with Crippen molar-refractivity contribution in [1.82, 2.24) is 9.47 Å². The Bertz CT molecular complexity index is 540. The highest BCUT2D eigenvalue weighted by atomic mass is 35.5. The van der Waals surface area contributed by atoms with Crippen molar-refractivity contribution in [2.24, 2.45) is 0 Å². The lowest BCUT2D eigenvalue weighted by Crippen LogP contribution is -3.00. The van der Waals surface area contributed by atoms with E-state index in [1.54, 1.807) is 0 Å². The Balaban J connectivity index is 0.00000162. The van der Waals surface area contributed by atoms with Gasteiger partial charge in [-0.15, -0.1) is 0 Å². The van der Waals surface area contributed by atoms with Gasteiger partial charge in [-0.2, -0.15) is 0 Å². The first kappa shape index (κ1) is 15.0. The number of aryl methyl sites for hydroxylation is 1. The summed E-state index contributed by atoms with van der Waals surface area (Å²) in [4.78, 5) is 3.37. The zero-order valence-corrected chi connectivity index (χ0v) is 12.2. The van der Waals surface area contributed by atoms with Crippen LogP contribution in [0.25, 0.3) is 10.9 Å². The number of aromatic amines is 1. The second-order valence-electron chi connectivity index (χ2n) is 5.44. The van der Waals surface area contributed by atoms with Crippen LogP contribution in [0.15, 0.2) is 18.2 Å². The number of aromatic nitrogens is 1. The number of hydrogen-bond donors (Lipinski definition) is 2. The highest BCUT2D eigenvalue weighted by Crippen LogP contribution is 2.28. The van der Waals surface area contributed by atoms with Gasteiger partial charge in [0.2, 0.25) is 0 Å². The third-order valence-electron chi connectivity index (χ3n) is 3.24. The monoisotopic (exact) mass is 268 g/mol. The molecule has 2 rings (SSSR count). The van der Waals surface area contributed by atoms with Crippen LogP contribution >= 0.6 is 0 Å². The Morgan fingerprint density at radius 1 is 1.22 bits per heavy atom. The van der Waals surface area contributed by atoms with Crippen molar-refractivity contribution in [1.29, 1.82) is 0 Å². The second-order valence-corrected chi connectivity index (χ2v) is 5.44. The quantitative estimate of drug-likeness (QED) is 0.704. The molecule has 0 aliphatic rings. The minimum Gasteiger partial charge on any atom is -1.00 e. The zero-order chi connectivity index (χ0) is 12.6. The number of nitrogens with zero attached hydrogens (tertiary/aromatic N) is 1. The molecule has 0 aliphatic heterocycles. The average Bonchev–Trinajstić information content (AvgIpc) is 2.54. The van der Waals surface area contributed by atoms with Gasteiger partial charge in [-0.25, -0.2) is 0 Å². The van der Waals surface area contributed by atoms with E-state index in [4.69, 9.17) is 5.11 Å². The Labute approximate surface area is 114 Å². The van der Waals surface area contributed by atoms with Crippen molar-refractivity contribution in [3.63, 3.8) is 0 Å². The minimum absolute atomic E-state index is 0. The van der Waals surface area contributed by atoms with Gasteiger partial charge in [0.1, 0.15) is 5.69 Å². The lowest BCUT2D eigenvalue weighted by Gasteiger charge is -2.23. The van der Waals surface area contributed by atoms with Crippen LogP contribution in [0.3, 0.4) is 0 Å². The second kappa shape index (κ2) is 5.31. The summed E-state index contributed by atoms with van der Waals surface area (Å²) in [7, 11) is 6.48. The number of aliphatic hydroxyl groups excluding tert-OH is 1. The van der Waals surface area contributed by atoms with Crippen molar-refractivity contribution in [3.8, 4) is 0 Å². The number of rotatable bonds is 3. The number of nitrogens with one attached hydrogen (secondary N) is 1. The van der Waals surface area contributed by atoms with Crippen LogP contribution in [0, 0.1) is 6.92 Å². The van der Waals surface area contributed by atoms with Crippen molar-refractivity contribution in [3.05, 3.63) is 29.5 Å². The fourth-order valence-electron chi connectivity index (χ4n) is 2.22. The number of fused-ring (bicyclic) bond motifs is 1. The number of benzene rings is 1. The van der Waals surface area contributed by atoms with E-state index in [1.165, 1.54) is 16.6 Å². The first-order valence-electron chi connectivity index (χ1n) is 5.97. The van der Waals surface area contributed by atoms with E-state index in [1.807, 2.05) is 0 Å². The minimum atomic E-state index is 0. The maximum absolute atomic E-state index is 9.13. The number of hydrogen-bond acceptors (Lipinski definition) is 1. The van der Waals surface area contributed by atoms with Crippen LogP contribution in [-0.4, -0.2) is 37.8 Å². The predicted molar refractivity (Wildman–Crippen MR) is 73.4 cm³/mol. The third-order valence-corrected chi connectivity index (χ3v) is 3.24. The summed E-state index contributed by atoms with van der Waals surface area (Å²) >= 11 is 0. The van der Waals surface area contributed by atoms with Crippen LogP contribution < -0.4 is 16.9 Å². The topological polar surface area (TPSA) is 36.0 Å². The van der Waals surface area contributed by atoms with Crippen molar-refractivity contribution in [2.45, 2.75) is 13.3 Å². The van der Waals surface area contributed by atoms with E-state index >= 15 is 0 Å². The van der Waals surface area contributed by atoms with E-state index < -0.39 is 0 Å². The molecule has 0 fully saturated rings. The van der Waals surface area contributed by atoms with Gasteiger partial charge in [-0.3, -0.25) is 4.48 Å². The third kappa shape index (κ3) is 2.69. The molecule has 0 aliphatic carbocycles. The van der Waals surface area contributed by atoms with E-state index in [9.17, 15) is 0 Å². The molecule has 0 amide bonds. The van der Waals surface area contributed by atoms with Crippen molar-refractivity contribution in [2.75, 3.05) is 27.7 Å². The first-order chi connectivity index (χ1) is 7.93. The Hall–Kier alpha value is -1.03. The molecule has 2 N–H and O–H groups in total. The molecule has 0 saturated carbocycles. The molecule has 0 bridgehead atoms. The fraction of sp³-hybridized carbons (Fsp3) is 0.429. The smallest absolute Gasteiger partial charge is 0.132 e. The van der Waals surface area contributed by atoms with Crippen LogP contribution in [0.4, 0.5) is 5.69 Å². The maximum Gasteiger partial charge on any atom is 0.132 e. The largest absolute Gasteiger partial charge is 1.00 e. The maximum atomic E-state index is 9.13. The predicted octanol–water partition coefficient (Wildman–Crippen LogP) is -0.788. The van der Waals surface area contributed by atoms with Gasteiger partial charge in [0.15, 0.2) is 0 Å². The van der Waals surface area contributed by atoms with Crippen molar-refractivity contribution < 1.29 is 17.5 Å². The Morgan fingerprint density at radius 2 is 1.89 bits per heavy atom. The lowest BCUT2D eigenvalue weighted by molar-refractivity contribution is -0.00000502. The molecule has 1 aromatic heterocycles. The summed E-state index contributed by atoms with van der Waals surface area (Å²) in [5, 5.41) is 10.4. The highest BCUT2D eigenvalue weighted by Gasteiger charge is 2.15. The van der Waals surface area contributed by atoms with Crippen molar-refractivity contribution >= 4 is 16.6 Å². The summed E-state index contributed by atoms with van der Waals surface area (Å²) in [5.41, 5.74) is 4.82. The van der Waals surface area contributed by atoms with E-state index in [0.29, 0.717) is 6.42 Å². The van der Waals surface area contributed by atoms with Gasteiger partial charge < -0.3 is 22.5 Å². The molecular formula is C14H21ClN2O. The van der Waals surface area contributed by atoms with Gasteiger partial charge >= 0.3 is 0 Å². The van der Waals surface area contributed by atoms with Crippen LogP contribution in [-0.2, 0) is 6.42 Å². The summed E-state index contributed by atoms with van der Waals surface area (Å²) in [6.45, 7) is 2.26. The number of quaternary nitrogens is 1. The zero-order valence-electron chi connectivity index (χ0n) is 11.4. The van der Waals surface area contributed by atoms with Gasteiger partial charge in [0.25, 0.3) is 0 Å². The molecule has 3 nitrogen and oxygen atoms in total. The molecular weight excluding hydrogens is 248 g/mol. The lowest BCUT2D eigenvalue weighted by atomic mass is 10.1. The van der Waals surface area contributed by atoms with E-state index in [0.717, 1.165) is 15.7 Å². The first-order valence-corrected chi connectivity index (χ1v) is 5.97. The molecule has 100 valence electrons. The van der Waals surface area contributed by atoms with Gasteiger partial charge in [-0.05, 0) is 25.0 Å². The molecule has 18 heavy (non-hydrogen) atoms. The van der Waals surface area contributed by atoms with Gasteiger partial charge in [0, 0.05) is 35.3 Å². The van der Waals surface area contributed by atoms with Gasteiger partial charge in [-0.1, -0.05) is 0 Å². The molecule has 1 aromatic carbocycles. The summed E-state index contributed by atoms with van der Waals surface area (Å²) in [5.74, 6) is 0. The van der Waals surface area contributed by atoms with Crippen LogP contribution in [0.1, 0.15) is 11.3 Å². The standard InChI is InChI=1S/C14H21N2O.ClH/c1-10-12(7-8-17)13-9-11(16(2,3)4)5-6-14(13)15-10;/h5-6,9,15,17H,7-8H2,1-4H3;1H/q+1;/p-1. The highest BCUT2D eigenvalue weighted by molar-refractivity contribution is 5.87. The molecule has 0 radical (unpaired) electrons.